The van der Waals surface area contributed by atoms with E-state index in [1.165, 1.54) is 0 Å². The monoisotopic (exact) mass is 153 g/mol. The minimum atomic E-state index is 0.244. The number of thiol groups is 1. The lowest BCUT2D eigenvalue weighted by Crippen LogP contribution is -1.77. The smallest absolute Gasteiger partial charge is 0.106 e. The summed E-state index contributed by atoms with van der Waals surface area (Å²) in [6.45, 7) is 0.244. The van der Waals surface area contributed by atoms with Gasteiger partial charge >= 0.3 is 0 Å². The second-order valence-corrected chi connectivity index (χ2v) is 2.47. The highest BCUT2D eigenvalue weighted by molar-refractivity contribution is 7.80. The number of hydrogen-bond donors (Lipinski definition) is 1. The van der Waals surface area contributed by atoms with Crippen molar-refractivity contribution in [3.05, 3.63) is 34.7 Å². The molecule has 2 nitrogen and oxygen atoms in total. The summed E-state index contributed by atoms with van der Waals surface area (Å²) in [5, 5.41) is 2.76. The maximum atomic E-state index is 9.79. The second kappa shape index (κ2) is 3.37. The average molecular weight is 153 g/mol. The predicted molar refractivity (Wildman–Crippen MR) is 43.2 cm³/mol. The number of benzene rings is 1. The van der Waals surface area contributed by atoms with E-state index in [0.717, 1.165) is 10.5 Å². The summed E-state index contributed by atoms with van der Waals surface area (Å²) in [6, 6.07) is 7.35. The Morgan fingerprint density at radius 2 is 1.90 bits per heavy atom. The molecule has 0 heterocycles. The van der Waals surface area contributed by atoms with Gasteiger partial charge in [0.25, 0.3) is 0 Å². The van der Waals surface area contributed by atoms with Gasteiger partial charge in [0.1, 0.15) is 6.54 Å². The van der Waals surface area contributed by atoms with Gasteiger partial charge in [-0.05, 0) is 17.7 Å². The van der Waals surface area contributed by atoms with E-state index in [1.807, 2.05) is 24.3 Å². The molecule has 0 aliphatic carbocycles. The summed E-state index contributed by atoms with van der Waals surface area (Å²) >= 11 is 4.09. The Hall–Kier alpha value is -0.830. The van der Waals surface area contributed by atoms with E-state index in [9.17, 15) is 4.91 Å². The van der Waals surface area contributed by atoms with Gasteiger partial charge < -0.3 is 0 Å². The third-order valence-corrected chi connectivity index (χ3v) is 1.48. The van der Waals surface area contributed by atoms with Crippen LogP contribution in [0.1, 0.15) is 5.56 Å². The van der Waals surface area contributed by atoms with Crippen molar-refractivity contribution in [2.75, 3.05) is 0 Å². The molecule has 0 atom stereocenters. The summed E-state index contributed by atoms with van der Waals surface area (Å²) in [6.07, 6.45) is 0. The van der Waals surface area contributed by atoms with Crippen molar-refractivity contribution >= 4 is 12.6 Å². The summed E-state index contributed by atoms with van der Waals surface area (Å²) in [5.74, 6) is 0. The van der Waals surface area contributed by atoms with E-state index in [1.54, 1.807) is 0 Å². The standard InChI is InChI=1S/C7H7NOS/c9-8-5-6-1-3-7(10)4-2-6/h1-4,10H,5H2. The molecule has 52 valence electrons. The van der Waals surface area contributed by atoms with Crippen LogP contribution in [0.25, 0.3) is 0 Å². The maximum Gasteiger partial charge on any atom is 0.106 e. The lowest BCUT2D eigenvalue weighted by Gasteiger charge is -1.92. The minimum Gasteiger partial charge on any atom is -0.150 e. The minimum absolute atomic E-state index is 0.244. The first-order valence-electron chi connectivity index (χ1n) is 2.90. The fourth-order valence-corrected chi connectivity index (χ4v) is 0.825. The zero-order chi connectivity index (χ0) is 7.40. The molecule has 1 aromatic carbocycles. The summed E-state index contributed by atoms with van der Waals surface area (Å²) < 4.78 is 0. The number of hydrogen-bond acceptors (Lipinski definition) is 3. The van der Waals surface area contributed by atoms with Crippen LogP contribution in [-0.2, 0) is 6.54 Å². The number of rotatable bonds is 2. The fourth-order valence-electron chi connectivity index (χ4n) is 0.676. The molecule has 0 radical (unpaired) electrons. The van der Waals surface area contributed by atoms with Gasteiger partial charge in [0.15, 0.2) is 0 Å². The molecule has 0 amide bonds. The molecule has 1 aromatic rings. The van der Waals surface area contributed by atoms with Crippen LogP contribution in [0.4, 0.5) is 0 Å². The lowest BCUT2D eigenvalue weighted by molar-refractivity contribution is 1.05. The lowest BCUT2D eigenvalue weighted by atomic mass is 10.2. The topological polar surface area (TPSA) is 29.4 Å². The predicted octanol–water partition coefficient (Wildman–Crippen LogP) is 2.24. The number of nitrogens with zero attached hydrogens (tertiary/aromatic N) is 1. The van der Waals surface area contributed by atoms with Gasteiger partial charge in [-0.2, -0.15) is 4.91 Å². The molecule has 0 saturated carbocycles. The highest BCUT2D eigenvalue weighted by Gasteiger charge is 1.89. The molecule has 0 saturated heterocycles. The Labute approximate surface area is 64.6 Å². The van der Waals surface area contributed by atoms with E-state index < -0.39 is 0 Å². The van der Waals surface area contributed by atoms with Crippen LogP contribution in [0.2, 0.25) is 0 Å². The molecule has 1 rings (SSSR count). The molecule has 0 bridgehead atoms. The van der Waals surface area contributed by atoms with E-state index >= 15 is 0 Å². The Bertz CT molecular complexity index is 220. The third-order valence-electron chi connectivity index (χ3n) is 1.18. The summed E-state index contributed by atoms with van der Waals surface area (Å²) in [7, 11) is 0. The van der Waals surface area contributed by atoms with E-state index in [4.69, 9.17) is 0 Å². The molecular formula is C7H7NOS. The normalized spacial score (nSPS) is 9.30. The first-order chi connectivity index (χ1) is 4.83. The average Bonchev–Trinajstić information content (AvgIpc) is 1.95. The molecule has 0 spiro atoms. The van der Waals surface area contributed by atoms with Gasteiger partial charge in [0, 0.05) is 4.90 Å². The third kappa shape index (κ3) is 1.84. The van der Waals surface area contributed by atoms with Crippen LogP contribution in [-0.4, -0.2) is 0 Å². The van der Waals surface area contributed by atoms with Gasteiger partial charge in [-0.25, -0.2) is 0 Å². The first kappa shape index (κ1) is 7.28. The van der Waals surface area contributed by atoms with Crippen molar-refractivity contribution in [2.24, 2.45) is 5.18 Å². The largest absolute Gasteiger partial charge is 0.150 e. The van der Waals surface area contributed by atoms with Gasteiger partial charge in [-0.1, -0.05) is 17.3 Å². The van der Waals surface area contributed by atoms with Crippen molar-refractivity contribution < 1.29 is 0 Å². The molecular weight excluding hydrogens is 146 g/mol. The van der Waals surface area contributed by atoms with E-state index in [-0.39, 0.29) is 6.54 Å². The fraction of sp³-hybridized carbons (Fsp3) is 0.143. The molecule has 0 N–H and O–H groups in total. The summed E-state index contributed by atoms with van der Waals surface area (Å²) in [4.78, 5) is 10.7. The van der Waals surface area contributed by atoms with Gasteiger partial charge in [-0.15, -0.1) is 12.6 Å². The molecule has 3 heteroatoms. The van der Waals surface area contributed by atoms with E-state index in [2.05, 4.69) is 17.8 Å². The zero-order valence-electron chi connectivity index (χ0n) is 5.32. The first-order valence-corrected chi connectivity index (χ1v) is 3.34. The Balaban J connectivity index is 2.78. The zero-order valence-corrected chi connectivity index (χ0v) is 6.21. The van der Waals surface area contributed by atoms with Gasteiger partial charge in [0.2, 0.25) is 0 Å². The Morgan fingerprint density at radius 1 is 1.30 bits per heavy atom. The Morgan fingerprint density at radius 3 is 2.40 bits per heavy atom. The highest BCUT2D eigenvalue weighted by Crippen LogP contribution is 2.07. The van der Waals surface area contributed by atoms with Crippen molar-refractivity contribution in [3.8, 4) is 0 Å². The van der Waals surface area contributed by atoms with Crippen LogP contribution >= 0.6 is 12.6 Å². The van der Waals surface area contributed by atoms with Gasteiger partial charge in [0.05, 0.1) is 0 Å². The maximum absolute atomic E-state index is 9.79. The molecule has 0 aromatic heterocycles. The van der Waals surface area contributed by atoms with Crippen LogP contribution in [0, 0.1) is 4.91 Å². The SMILES string of the molecule is O=NCc1ccc(S)cc1. The van der Waals surface area contributed by atoms with Crippen molar-refractivity contribution in [3.63, 3.8) is 0 Å². The Kier molecular flexibility index (Phi) is 2.45. The van der Waals surface area contributed by atoms with Crippen LogP contribution in [0.5, 0.6) is 0 Å². The van der Waals surface area contributed by atoms with Crippen LogP contribution in [0.3, 0.4) is 0 Å². The molecule has 0 unspecified atom stereocenters. The van der Waals surface area contributed by atoms with Crippen molar-refractivity contribution in [2.45, 2.75) is 11.4 Å². The van der Waals surface area contributed by atoms with Gasteiger partial charge in [-0.3, -0.25) is 0 Å². The summed E-state index contributed by atoms with van der Waals surface area (Å²) in [5.41, 5.74) is 0.924. The van der Waals surface area contributed by atoms with E-state index in [0.29, 0.717) is 0 Å². The molecule has 0 aliphatic heterocycles. The van der Waals surface area contributed by atoms with Crippen molar-refractivity contribution in [1.29, 1.82) is 0 Å². The molecule has 0 aliphatic rings. The van der Waals surface area contributed by atoms with Crippen LogP contribution in [0.15, 0.2) is 34.3 Å². The quantitative estimate of drug-likeness (QED) is 0.512. The number of nitroso groups, excluding NO2 is 1. The second-order valence-electron chi connectivity index (χ2n) is 1.95. The molecule has 10 heavy (non-hydrogen) atoms. The highest BCUT2D eigenvalue weighted by atomic mass is 32.1. The molecule has 0 fully saturated rings. The van der Waals surface area contributed by atoms with Crippen LogP contribution < -0.4 is 0 Å². The van der Waals surface area contributed by atoms with Crippen molar-refractivity contribution in [1.82, 2.24) is 0 Å².